The Morgan fingerprint density at radius 2 is 1.23 bits per heavy atom. The van der Waals surface area contributed by atoms with Crippen LogP contribution in [0, 0.1) is 0 Å². The van der Waals surface area contributed by atoms with Crippen LogP contribution in [0.1, 0.15) is 25.2 Å². The minimum atomic E-state index is -0.508. The van der Waals surface area contributed by atoms with Gasteiger partial charge in [-0.3, -0.25) is 0 Å². The number of allylic oxidation sites excluding steroid dienone is 1. The van der Waals surface area contributed by atoms with Crippen LogP contribution in [0.2, 0.25) is 0 Å². The molecule has 3 nitrogen and oxygen atoms in total. The van der Waals surface area contributed by atoms with E-state index < -0.39 is 9.52 Å². The second-order valence-electron chi connectivity index (χ2n) is 7.71. The van der Waals surface area contributed by atoms with Crippen molar-refractivity contribution >= 4 is 68.0 Å². The van der Waals surface area contributed by atoms with Crippen molar-refractivity contribution in [2.75, 3.05) is 4.90 Å². The van der Waals surface area contributed by atoms with Crippen molar-refractivity contribution in [3.05, 3.63) is 106 Å². The minimum absolute atomic E-state index is 0.00144. The number of Topliss-reactive ketones (excluding diaryl/α,β-unsaturated/α-hetero) is 2. The van der Waals surface area contributed by atoms with Gasteiger partial charge in [0.05, 0.1) is 0 Å². The molecule has 1 aliphatic heterocycles. The van der Waals surface area contributed by atoms with Crippen molar-refractivity contribution in [1.29, 1.82) is 0 Å². The predicted octanol–water partition coefficient (Wildman–Crippen LogP) is 3.11. The first-order valence-electron chi connectivity index (χ1n) is 10.2. The van der Waals surface area contributed by atoms with E-state index in [1.807, 2.05) is 6.08 Å². The maximum absolute atomic E-state index is 12.8. The van der Waals surface area contributed by atoms with Crippen LogP contribution in [0.3, 0.4) is 0 Å². The van der Waals surface area contributed by atoms with Gasteiger partial charge in [0.1, 0.15) is 0 Å². The summed E-state index contributed by atoms with van der Waals surface area (Å²) >= 11 is 0.00144. The number of carbonyl (C=O) groups is 2. The van der Waals surface area contributed by atoms with Crippen LogP contribution in [0.5, 0.6) is 0 Å². The second-order valence-corrected chi connectivity index (χ2v) is 11.9. The van der Waals surface area contributed by atoms with Crippen LogP contribution in [-0.2, 0) is 0 Å². The van der Waals surface area contributed by atoms with Crippen LogP contribution >= 0.6 is 0 Å². The number of ketones is 2. The number of rotatable bonds is 2. The molecular formula is C26H17NO2SeSi. The molecule has 0 bridgehead atoms. The Bertz CT molecular complexity index is 1340. The average molecular weight is 482 g/mol. The summed E-state index contributed by atoms with van der Waals surface area (Å²) in [5.41, 5.74) is 3.85. The Morgan fingerprint density at radius 3 is 1.84 bits per heavy atom. The summed E-state index contributed by atoms with van der Waals surface area (Å²) in [4.78, 5) is 27.9. The van der Waals surface area contributed by atoms with Crippen LogP contribution in [0.25, 0.3) is 6.08 Å². The van der Waals surface area contributed by atoms with E-state index in [1.165, 1.54) is 26.3 Å². The monoisotopic (exact) mass is 483 g/mol. The number of hydrogen-bond donors (Lipinski definition) is 0. The van der Waals surface area contributed by atoms with Crippen LogP contribution in [-0.4, -0.2) is 35.6 Å². The van der Waals surface area contributed by atoms with Crippen LogP contribution in [0.15, 0.2) is 90.5 Å². The molecule has 5 heteroatoms. The zero-order valence-corrected chi connectivity index (χ0v) is 19.7. The number of benzene rings is 3. The Balaban J connectivity index is 1.43. The van der Waals surface area contributed by atoms with Crippen molar-refractivity contribution in [2.45, 2.75) is 0 Å². The third-order valence-electron chi connectivity index (χ3n) is 5.87. The molecule has 0 atom stereocenters. The summed E-state index contributed by atoms with van der Waals surface area (Å²) in [5.74, 6) is -0.323. The van der Waals surface area contributed by atoms with Crippen LogP contribution < -0.4 is 15.3 Å². The van der Waals surface area contributed by atoms with Gasteiger partial charge in [-0.2, -0.15) is 0 Å². The van der Waals surface area contributed by atoms with E-state index in [0.717, 1.165) is 4.44 Å². The van der Waals surface area contributed by atoms with Crippen molar-refractivity contribution in [1.82, 2.24) is 0 Å². The molecular weight excluding hydrogens is 465 g/mol. The zero-order chi connectivity index (χ0) is 20.9. The van der Waals surface area contributed by atoms with Gasteiger partial charge in [-0.1, -0.05) is 0 Å². The number of para-hydroxylation sites is 2. The molecule has 2 aliphatic rings. The number of fused-ring (bicyclic) bond motifs is 3. The molecule has 4 aromatic rings. The van der Waals surface area contributed by atoms with E-state index in [9.17, 15) is 9.59 Å². The Labute approximate surface area is 188 Å². The SMILES string of the molecule is O=C1C(=Cc2ccc(N3c4ccccc4[SiH2]c4ccccc43)[se]2)C(=O)c2ccccc21. The maximum atomic E-state index is 12.8. The van der Waals surface area contributed by atoms with E-state index in [4.69, 9.17) is 0 Å². The van der Waals surface area contributed by atoms with Gasteiger partial charge in [-0.05, 0) is 0 Å². The number of hydrogen-bond acceptors (Lipinski definition) is 3. The van der Waals surface area contributed by atoms with Gasteiger partial charge in [0.2, 0.25) is 0 Å². The molecule has 1 aromatic heterocycles. The summed E-state index contributed by atoms with van der Waals surface area (Å²) in [5, 5.41) is 2.89. The average Bonchev–Trinajstić information content (AvgIpc) is 3.36. The Morgan fingerprint density at radius 1 is 0.677 bits per heavy atom. The third kappa shape index (κ3) is 2.93. The fourth-order valence-corrected chi connectivity index (χ4v) is 8.30. The molecule has 0 spiro atoms. The molecule has 0 amide bonds. The summed E-state index contributed by atoms with van der Waals surface area (Å²) in [6.07, 6.45) is 1.81. The van der Waals surface area contributed by atoms with E-state index in [0.29, 0.717) is 11.1 Å². The van der Waals surface area contributed by atoms with Gasteiger partial charge in [0.15, 0.2) is 0 Å². The number of carbonyl (C=O) groups excluding carboxylic acids is 2. The molecule has 0 fully saturated rings. The van der Waals surface area contributed by atoms with Crippen molar-refractivity contribution < 1.29 is 9.59 Å². The van der Waals surface area contributed by atoms with Gasteiger partial charge >= 0.3 is 189 Å². The molecule has 31 heavy (non-hydrogen) atoms. The summed E-state index contributed by atoms with van der Waals surface area (Å²) in [6.45, 7) is 0. The van der Waals surface area contributed by atoms with E-state index >= 15 is 0 Å². The molecule has 0 saturated heterocycles. The molecule has 3 aromatic carbocycles. The van der Waals surface area contributed by atoms with Gasteiger partial charge in [-0.15, -0.1) is 0 Å². The molecule has 6 rings (SSSR count). The predicted molar refractivity (Wildman–Crippen MR) is 129 cm³/mol. The standard InChI is InChI=1S/C26H17NO2SeSi/c28-25-17-7-1-2-8-18(17)26(29)19(25)15-16-13-14-24(30-16)27-20-9-3-5-11-22(20)31-23-12-6-4-10-21(23)27/h1-15H,31H2. The molecule has 0 N–H and O–H groups in total. The normalized spacial score (nSPS) is 14.3. The molecule has 2 heterocycles. The van der Waals surface area contributed by atoms with Gasteiger partial charge in [0, 0.05) is 0 Å². The number of anilines is 3. The fraction of sp³-hybridized carbons (Fsp3) is 0. The van der Waals surface area contributed by atoms with Crippen molar-refractivity contribution in [3.63, 3.8) is 0 Å². The number of nitrogens with zero attached hydrogens (tertiary/aromatic N) is 1. The molecule has 1 aliphatic carbocycles. The molecule has 148 valence electrons. The van der Waals surface area contributed by atoms with Gasteiger partial charge in [-0.25, -0.2) is 0 Å². The fourth-order valence-electron chi connectivity index (χ4n) is 4.42. The quantitative estimate of drug-likeness (QED) is 0.221. The van der Waals surface area contributed by atoms with E-state index in [-0.39, 0.29) is 31.6 Å². The van der Waals surface area contributed by atoms with E-state index in [2.05, 4.69) is 65.6 Å². The third-order valence-corrected chi connectivity index (χ3v) is 9.96. The molecule has 0 unspecified atom stereocenters. The summed E-state index contributed by atoms with van der Waals surface area (Å²) in [6, 6.07) is 28.6. The molecule has 0 radical (unpaired) electrons. The molecule has 0 saturated carbocycles. The summed E-state index contributed by atoms with van der Waals surface area (Å²) < 4.78 is 2.27. The van der Waals surface area contributed by atoms with Crippen molar-refractivity contribution in [2.24, 2.45) is 0 Å². The topological polar surface area (TPSA) is 37.4 Å². The Hall–Kier alpha value is -3.24. The first-order chi connectivity index (χ1) is 15.2. The van der Waals surface area contributed by atoms with Gasteiger partial charge < -0.3 is 0 Å². The second kappa shape index (κ2) is 7.17. The summed E-state index contributed by atoms with van der Waals surface area (Å²) in [7, 11) is -0.508. The van der Waals surface area contributed by atoms with Crippen LogP contribution in [0.4, 0.5) is 15.9 Å². The van der Waals surface area contributed by atoms with E-state index in [1.54, 1.807) is 24.3 Å². The zero-order valence-electron chi connectivity index (χ0n) is 16.5. The van der Waals surface area contributed by atoms with Crippen molar-refractivity contribution in [3.8, 4) is 0 Å². The Kier molecular flexibility index (Phi) is 4.28. The first-order valence-corrected chi connectivity index (χ1v) is 13.3. The first kappa shape index (κ1) is 18.5. The van der Waals surface area contributed by atoms with Gasteiger partial charge in [0.25, 0.3) is 0 Å².